The molecule has 0 amide bonds. The Balaban J connectivity index is 1.75. The Morgan fingerprint density at radius 2 is 1.64 bits per heavy atom. The van der Waals surface area contributed by atoms with Crippen LogP contribution < -0.4 is 5.32 Å². The van der Waals surface area contributed by atoms with Crippen molar-refractivity contribution in [2.45, 2.75) is 6.54 Å². The van der Waals surface area contributed by atoms with Gasteiger partial charge in [0.25, 0.3) is 0 Å². The summed E-state index contributed by atoms with van der Waals surface area (Å²) >= 11 is 19.8. The maximum Gasteiger partial charge on any atom is 0.183 e. The van der Waals surface area contributed by atoms with Crippen molar-refractivity contribution in [2.75, 3.05) is 5.32 Å². The smallest absolute Gasteiger partial charge is 0.183 e. The molecule has 1 aromatic heterocycles. The number of aromatic nitrogens is 1. The molecule has 0 bridgehead atoms. The van der Waals surface area contributed by atoms with Crippen molar-refractivity contribution in [3.63, 3.8) is 0 Å². The van der Waals surface area contributed by atoms with E-state index in [1.807, 2.05) is 47.8 Å². The molecular weight excluding hydrogens is 359 g/mol. The molecule has 0 saturated carbocycles. The molecule has 0 aliphatic carbocycles. The summed E-state index contributed by atoms with van der Waals surface area (Å²) in [6.07, 6.45) is 0. The maximum absolute atomic E-state index is 6.21. The van der Waals surface area contributed by atoms with E-state index in [1.54, 1.807) is 0 Å². The first-order valence-corrected chi connectivity index (χ1v) is 8.53. The molecular formula is C16H11Cl3N2S. The highest BCUT2D eigenvalue weighted by atomic mass is 35.5. The molecule has 0 spiro atoms. The van der Waals surface area contributed by atoms with Gasteiger partial charge in [0.1, 0.15) is 0 Å². The number of halogens is 3. The summed E-state index contributed by atoms with van der Waals surface area (Å²) < 4.78 is 0. The Labute approximate surface area is 147 Å². The SMILES string of the molecule is Clc1ccc(CNc2nc(-c3c(Cl)cccc3Cl)cs2)cc1. The molecule has 22 heavy (non-hydrogen) atoms. The molecule has 112 valence electrons. The van der Waals surface area contributed by atoms with Crippen molar-refractivity contribution >= 4 is 51.3 Å². The van der Waals surface area contributed by atoms with Crippen molar-refractivity contribution in [1.29, 1.82) is 0 Å². The van der Waals surface area contributed by atoms with Crippen molar-refractivity contribution in [3.8, 4) is 11.3 Å². The van der Waals surface area contributed by atoms with Gasteiger partial charge in [-0.2, -0.15) is 0 Å². The average molecular weight is 370 g/mol. The van der Waals surface area contributed by atoms with E-state index < -0.39 is 0 Å². The predicted octanol–water partition coefficient (Wildman–Crippen LogP) is 6.38. The lowest BCUT2D eigenvalue weighted by molar-refractivity contribution is 1.14. The van der Waals surface area contributed by atoms with Gasteiger partial charge < -0.3 is 5.32 Å². The molecule has 0 unspecified atom stereocenters. The molecule has 3 aromatic rings. The normalized spacial score (nSPS) is 10.7. The van der Waals surface area contributed by atoms with Crippen molar-refractivity contribution in [3.05, 3.63) is 68.5 Å². The van der Waals surface area contributed by atoms with Crippen LogP contribution in [0.1, 0.15) is 5.56 Å². The van der Waals surface area contributed by atoms with Gasteiger partial charge in [-0.1, -0.05) is 53.0 Å². The van der Waals surface area contributed by atoms with Gasteiger partial charge >= 0.3 is 0 Å². The highest BCUT2D eigenvalue weighted by Gasteiger charge is 2.11. The standard InChI is InChI=1S/C16H11Cl3N2S/c17-11-6-4-10(5-7-11)8-20-16-21-14(9-22-16)15-12(18)2-1-3-13(15)19/h1-7,9H,8H2,(H,20,21). The summed E-state index contributed by atoms with van der Waals surface area (Å²) in [7, 11) is 0. The lowest BCUT2D eigenvalue weighted by Gasteiger charge is -2.04. The molecule has 0 aliphatic heterocycles. The Morgan fingerprint density at radius 3 is 2.32 bits per heavy atom. The van der Waals surface area contributed by atoms with E-state index >= 15 is 0 Å². The van der Waals surface area contributed by atoms with Gasteiger partial charge in [-0.05, 0) is 29.8 Å². The quantitative estimate of drug-likeness (QED) is 0.577. The number of hydrogen-bond donors (Lipinski definition) is 1. The second-order valence-electron chi connectivity index (χ2n) is 4.61. The van der Waals surface area contributed by atoms with Crippen LogP contribution in [0.4, 0.5) is 5.13 Å². The predicted molar refractivity (Wildman–Crippen MR) is 96.3 cm³/mol. The molecule has 3 rings (SSSR count). The largest absolute Gasteiger partial charge is 0.357 e. The summed E-state index contributed by atoms with van der Waals surface area (Å²) in [6.45, 7) is 0.681. The number of nitrogens with one attached hydrogen (secondary N) is 1. The summed E-state index contributed by atoms with van der Waals surface area (Å²) in [5.41, 5.74) is 2.68. The van der Waals surface area contributed by atoms with Gasteiger partial charge in [0.05, 0.1) is 15.7 Å². The molecule has 0 radical (unpaired) electrons. The van der Waals surface area contributed by atoms with Crippen LogP contribution >= 0.6 is 46.1 Å². The molecule has 0 saturated heterocycles. The van der Waals surface area contributed by atoms with E-state index in [0.717, 1.165) is 27.0 Å². The molecule has 0 aliphatic rings. The number of anilines is 1. The van der Waals surface area contributed by atoms with Crippen LogP contribution in [0, 0.1) is 0 Å². The van der Waals surface area contributed by atoms with Gasteiger partial charge in [-0.15, -0.1) is 11.3 Å². The summed E-state index contributed by atoms with van der Waals surface area (Å²) in [4.78, 5) is 4.55. The van der Waals surface area contributed by atoms with Crippen molar-refractivity contribution < 1.29 is 0 Å². The third-order valence-electron chi connectivity index (χ3n) is 3.08. The summed E-state index contributed by atoms with van der Waals surface area (Å²) in [5.74, 6) is 0. The second-order valence-corrected chi connectivity index (χ2v) is 6.72. The topological polar surface area (TPSA) is 24.9 Å². The van der Waals surface area contributed by atoms with E-state index in [9.17, 15) is 0 Å². The zero-order valence-electron chi connectivity index (χ0n) is 11.3. The van der Waals surface area contributed by atoms with Crippen LogP contribution in [0.3, 0.4) is 0 Å². The first-order chi connectivity index (χ1) is 10.6. The number of hydrogen-bond acceptors (Lipinski definition) is 3. The van der Waals surface area contributed by atoms with Crippen molar-refractivity contribution in [2.24, 2.45) is 0 Å². The fourth-order valence-corrected chi connectivity index (χ4v) is 3.41. The molecule has 1 N–H and O–H groups in total. The van der Waals surface area contributed by atoms with Crippen molar-refractivity contribution in [1.82, 2.24) is 4.98 Å². The van der Waals surface area contributed by atoms with Crippen LogP contribution in [0.5, 0.6) is 0 Å². The zero-order chi connectivity index (χ0) is 15.5. The number of thiazole rings is 1. The monoisotopic (exact) mass is 368 g/mol. The van der Waals surface area contributed by atoms with Crippen LogP contribution in [0.15, 0.2) is 47.8 Å². The van der Waals surface area contributed by atoms with Crippen LogP contribution in [-0.2, 0) is 6.54 Å². The Bertz CT molecular complexity index is 764. The van der Waals surface area contributed by atoms with Crippen LogP contribution in [0.2, 0.25) is 15.1 Å². The van der Waals surface area contributed by atoms with E-state index in [-0.39, 0.29) is 0 Å². The van der Waals surface area contributed by atoms with Gasteiger partial charge in [0, 0.05) is 22.5 Å². The van der Waals surface area contributed by atoms with E-state index in [2.05, 4.69) is 10.3 Å². The zero-order valence-corrected chi connectivity index (χ0v) is 14.4. The molecule has 6 heteroatoms. The lowest BCUT2D eigenvalue weighted by Crippen LogP contribution is -1.98. The minimum atomic E-state index is 0.599. The number of rotatable bonds is 4. The minimum absolute atomic E-state index is 0.599. The van der Waals surface area contributed by atoms with E-state index in [0.29, 0.717) is 16.6 Å². The average Bonchev–Trinajstić information content (AvgIpc) is 2.95. The maximum atomic E-state index is 6.21. The van der Waals surface area contributed by atoms with Gasteiger partial charge in [0.2, 0.25) is 0 Å². The third-order valence-corrected chi connectivity index (χ3v) is 4.76. The molecule has 2 aromatic carbocycles. The van der Waals surface area contributed by atoms with Crippen LogP contribution in [-0.4, -0.2) is 4.98 Å². The summed E-state index contributed by atoms with van der Waals surface area (Å²) in [6, 6.07) is 13.1. The molecule has 0 fully saturated rings. The minimum Gasteiger partial charge on any atom is -0.357 e. The Hall–Kier alpha value is -1.26. The van der Waals surface area contributed by atoms with Crippen LogP contribution in [0.25, 0.3) is 11.3 Å². The molecule has 1 heterocycles. The highest BCUT2D eigenvalue weighted by molar-refractivity contribution is 7.14. The van der Waals surface area contributed by atoms with Gasteiger partial charge in [0.15, 0.2) is 5.13 Å². The number of benzene rings is 2. The van der Waals surface area contributed by atoms with Gasteiger partial charge in [-0.3, -0.25) is 0 Å². The van der Waals surface area contributed by atoms with E-state index in [4.69, 9.17) is 34.8 Å². The first kappa shape index (κ1) is 15.6. The lowest BCUT2D eigenvalue weighted by atomic mass is 10.2. The molecule has 2 nitrogen and oxygen atoms in total. The third kappa shape index (κ3) is 3.55. The van der Waals surface area contributed by atoms with E-state index in [1.165, 1.54) is 11.3 Å². The Morgan fingerprint density at radius 1 is 0.955 bits per heavy atom. The fourth-order valence-electron chi connectivity index (χ4n) is 1.99. The fraction of sp³-hybridized carbons (Fsp3) is 0.0625. The highest BCUT2D eigenvalue weighted by Crippen LogP contribution is 2.36. The Kier molecular flexibility index (Phi) is 4.89. The second kappa shape index (κ2) is 6.88. The first-order valence-electron chi connectivity index (χ1n) is 6.52. The van der Waals surface area contributed by atoms with Gasteiger partial charge in [-0.25, -0.2) is 4.98 Å². The molecule has 0 atom stereocenters. The summed E-state index contributed by atoms with van der Waals surface area (Å²) in [5, 5.41) is 7.98. The number of nitrogens with zero attached hydrogens (tertiary/aromatic N) is 1.